The molecule has 82 valence electrons. The molecule has 0 aliphatic rings. The molecule has 5 nitrogen and oxygen atoms in total. The summed E-state index contributed by atoms with van der Waals surface area (Å²) in [5.74, 6) is -0.331. The number of hydrogen-bond acceptors (Lipinski definition) is 4. The monoisotopic (exact) mass is 203 g/mol. The van der Waals surface area contributed by atoms with Crippen LogP contribution in [0.5, 0.6) is 0 Å². The van der Waals surface area contributed by atoms with Crippen molar-refractivity contribution < 1.29 is 20.1 Å². The molecule has 0 aromatic heterocycles. The van der Waals surface area contributed by atoms with Crippen LogP contribution in [0.1, 0.15) is 12.8 Å². The van der Waals surface area contributed by atoms with Crippen molar-refractivity contribution in [2.45, 2.75) is 18.4 Å². The van der Waals surface area contributed by atoms with Crippen molar-refractivity contribution in [3.8, 4) is 0 Å². The van der Waals surface area contributed by atoms with E-state index in [1.807, 2.05) is 0 Å². The summed E-state index contributed by atoms with van der Waals surface area (Å²) >= 11 is 0. The van der Waals surface area contributed by atoms with Crippen LogP contribution in [0, 0.1) is 0 Å². The van der Waals surface area contributed by atoms with Gasteiger partial charge in [-0.2, -0.15) is 0 Å². The lowest BCUT2D eigenvalue weighted by molar-refractivity contribution is -0.125. The fourth-order valence-corrected chi connectivity index (χ4v) is 0.860. The number of hydrogen-bond donors (Lipinski definition) is 4. The van der Waals surface area contributed by atoms with Crippen molar-refractivity contribution in [3.63, 3.8) is 0 Å². The normalized spacial score (nSPS) is 11.1. The van der Waals surface area contributed by atoms with E-state index in [4.69, 9.17) is 15.3 Å². The van der Waals surface area contributed by atoms with Crippen LogP contribution in [0.4, 0.5) is 0 Å². The zero-order chi connectivity index (χ0) is 11.0. The fraction of sp³-hybridized carbons (Fsp3) is 0.667. The molecule has 5 heteroatoms. The lowest BCUT2D eigenvalue weighted by Gasteiger charge is -2.28. The molecule has 0 aliphatic carbocycles. The van der Waals surface area contributed by atoms with E-state index in [-0.39, 0.29) is 12.3 Å². The molecule has 0 bridgehead atoms. The SMILES string of the molecule is C=CCCC(=O)NC(CO)(CO)CO. The van der Waals surface area contributed by atoms with E-state index < -0.39 is 25.4 Å². The van der Waals surface area contributed by atoms with Crippen LogP contribution in [0.2, 0.25) is 0 Å². The van der Waals surface area contributed by atoms with Crippen molar-refractivity contribution >= 4 is 5.91 Å². The standard InChI is InChI=1S/C9H17NO4/c1-2-3-4-8(14)10-9(5-11,6-12)7-13/h2,11-13H,1,3-7H2,(H,10,14). The molecule has 0 heterocycles. The maximum absolute atomic E-state index is 11.2. The minimum Gasteiger partial charge on any atom is -0.394 e. The predicted molar refractivity (Wildman–Crippen MR) is 51.6 cm³/mol. The molecule has 0 aromatic carbocycles. The first-order valence-corrected chi connectivity index (χ1v) is 4.38. The molecule has 1 amide bonds. The molecule has 0 fully saturated rings. The third-order valence-electron chi connectivity index (χ3n) is 1.89. The molecule has 0 saturated heterocycles. The van der Waals surface area contributed by atoms with Gasteiger partial charge in [0.25, 0.3) is 0 Å². The molecule has 0 saturated carbocycles. The molecular formula is C9H17NO4. The van der Waals surface area contributed by atoms with Gasteiger partial charge in [0, 0.05) is 6.42 Å². The molecule has 0 atom stereocenters. The highest BCUT2D eigenvalue weighted by Gasteiger charge is 2.29. The van der Waals surface area contributed by atoms with Gasteiger partial charge in [-0.3, -0.25) is 4.79 Å². The summed E-state index contributed by atoms with van der Waals surface area (Å²) in [4.78, 5) is 11.2. The molecule has 0 spiro atoms. The van der Waals surface area contributed by atoms with Crippen molar-refractivity contribution in [2.75, 3.05) is 19.8 Å². The highest BCUT2D eigenvalue weighted by molar-refractivity contribution is 5.77. The van der Waals surface area contributed by atoms with Gasteiger partial charge < -0.3 is 20.6 Å². The van der Waals surface area contributed by atoms with E-state index in [1.165, 1.54) is 0 Å². The summed E-state index contributed by atoms with van der Waals surface area (Å²) in [5.41, 5.74) is -1.32. The van der Waals surface area contributed by atoms with Gasteiger partial charge in [-0.05, 0) is 6.42 Å². The van der Waals surface area contributed by atoms with Crippen LogP contribution in [0.25, 0.3) is 0 Å². The average Bonchev–Trinajstić information content (AvgIpc) is 2.23. The number of aliphatic hydroxyl groups is 3. The highest BCUT2D eigenvalue weighted by Crippen LogP contribution is 2.02. The molecule has 0 aliphatic heterocycles. The van der Waals surface area contributed by atoms with Gasteiger partial charge in [0.15, 0.2) is 0 Å². The van der Waals surface area contributed by atoms with E-state index in [9.17, 15) is 4.79 Å². The smallest absolute Gasteiger partial charge is 0.220 e. The second-order valence-electron chi connectivity index (χ2n) is 3.13. The van der Waals surface area contributed by atoms with Crippen LogP contribution in [0.3, 0.4) is 0 Å². The second-order valence-corrected chi connectivity index (χ2v) is 3.13. The van der Waals surface area contributed by atoms with Crippen molar-refractivity contribution in [1.82, 2.24) is 5.32 Å². The first-order valence-electron chi connectivity index (χ1n) is 4.38. The quantitative estimate of drug-likeness (QED) is 0.391. The number of nitrogens with one attached hydrogen (secondary N) is 1. The summed E-state index contributed by atoms with van der Waals surface area (Å²) in [7, 11) is 0. The second kappa shape index (κ2) is 6.53. The average molecular weight is 203 g/mol. The number of amides is 1. The Kier molecular flexibility index (Phi) is 6.11. The number of allylic oxidation sites excluding steroid dienone is 1. The third-order valence-corrected chi connectivity index (χ3v) is 1.89. The number of carbonyl (C=O) groups excluding carboxylic acids is 1. The number of rotatable bonds is 7. The maximum atomic E-state index is 11.2. The predicted octanol–water partition coefficient (Wildman–Crippen LogP) is -1.22. The van der Waals surface area contributed by atoms with Crippen molar-refractivity contribution in [3.05, 3.63) is 12.7 Å². The maximum Gasteiger partial charge on any atom is 0.220 e. The van der Waals surface area contributed by atoms with E-state index in [2.05, 4.69) is 11.9 Å². The zero-order valence-corrected chi connectivity index (χ0v) is 8.07. The van der Waals surface area contributed by atoms with Crippen LogP contribution < -0.4 is 5.32 Å². The Bertz CT molecular complexity index is 181. The highest BCUT2D eigenvalue weighted by atomic mass is 16.3. The van der Waals surface area contributed by atoms with E-state index >= 15 is 0 Å². The van der Waals surface area contributed by atoms with Crippen LogP contribution >= 0.6 is 0 Å². The first-order chi connectivity index (χ1) is 6.64. The zero-order valence-electron chi connectivity index (χ0n) is 8.07. The molecule has 0 radical (unpaired) electrons. The molecule has 14 heavy (non-hydrogen) atoms. The lowest BCUT2D eigenvalue weighted by atomic mass is 10.0. The van der Waals surface area contributed by atoms with Crippen molar-refractivity contribution in [1.29, 1.82) is 0 Å². The van der Waals surface area contributed by atoms with Gasteiger partial charge in [0.2, 0.25) is 5.91 Å². The van der Waals surface area contributed by atoms with E-state index in [0.717, 1.165) is 0 Å². The third kappa shape index (κ3) is 3.87. The molecule has 4 N–H and O–H groups in total. The van der Waals surface area contributed by atoms with Gasteiger partial charge in [-0.15, -0.1) is 6.58 Å². The van der Waals surface area contributed by atoms with Crippen LogP contribution in [0.15, 0.2) is 12.7 Å². The van der Waals surface area contributed by atoms with Crippen LogP contribution in [-0.2, 0) is 4.79 Å². The summed E-state index contributed by atoms with van der Waals surface area (Å²) < 4.78 is 0. The van der Waals surface area contributed by atoms with Gasteiger partial charge >= 0.3 is 0 Å². The summed E-state index contributed by atoms with van der Waals surface area (Å²) in [6, 6.07) is 0. The Balaban J connectivity index is 4.14. The Morgan fingerprint density at radius 3 is 2.14 bits per heavy atom. The summed E-state index contributed by atoms with van der Waals surface area (Å²) in [5, 5.41) is 29.1. The Morgan fingerprint density at radius 1 is 1.29 bits per heavy atom. The molecule has 0 rings (SSSR count). The summed E-state index contributed by atoms with van der Waals surface area (Å²) in [6.07, 6.45) is 2.34. The Morgan fingerprint density at radius 2 is 1.79 bits per heavy atom. The van der Waals surface area contributed by atoms with Gasteiger partial charge in [0.1, 0.15) is 5.54 Å². The molecular weight excluding hydrogens is 186 g/mol. The topological polar surface area (TPSA) is 89.8 Å². The first kappa shape index (κ1) is 13.1. The van der Waals surface area contributed by atoms with Gasteiger partial charge in [-0.25, -0.2) is 0 Å². The molecule has 0 unspecified atom stereocenters. The van der Waals surface area contributed by atoms with Crippen LogP contribution in [-0.4, -0.2) is 46.6 Å². The lowest BCUT2D eigenvalue weighted by Crippen LogP contribution is -2.56. The van der Waals surface area contributed by atoms with Crippen molar-refractivity contribution in [2.24, 2.45) is 0 Å². The Hall–Kier alpha value is -0.910. The summed E-state index contributed by atoms with van der Waals surface area (Å²) in [6.45, 7) is 1.96. The minimum atomic E-state index is -1.32. The van der Waals surface area contributed by atoms with Gasteiger partial charge in [-0.1, -0.05) is 6.08 Å². The van der Waals surface area contributed by atoms with E-state index in [1.54, 1.807) is 6.08 Å². The Labute approximate surface area is 83.1 Å². The van der Waals surface area contributed by atoms with Gasteiger partial charge in [0.05, 0.1) is 19.8 Å². The molecule has 0 aromatic rings. The minimum absolute atomic E-state index is 0.227. The number of aliphatic hydroxyl groups excluding tert-OH is 3. The fourth-order valence-electron chi connectivity index (χ4n) is 0.860. The van der Waals surface area contributed by atoms with E-state index in [0.29, 0.717) is 6.42 Å². The number of carbonyl (C=O) groups is 1. The largest absolute Gasteiger partial charge is 0.394 e.